The van der Waals surface area contributed by atoms with Crippen LogP contribution in [0.4, 0.5) is 11.4 Å². The summed E-state index contributed by atoms with van der Waals surface area (Å²) in [6.45, 7) is 3.63. The van der Waals surface area contributed by atoms with Crippen molar-refractivity contribution in [2.75, 3.05) is 24.7 Å². The first-order valence-electron chi connectivity index (χ1n) is 11.7. The largest absolute Gasteiger partial charge is 0.478 e. The minimum absolute atomic E-state index is 0.115. The van der Waals surface area contributed by atoms with Gasteiger partial charge in [0.25, 0.3) is 0 Å². The van der Waals surface area contributed by atoms with Crippen molar-refractivity contribution in [1.82, 2.24) is 4.98 Å². The number of aromatic nitrogens is 1. The summed E-state index contributed by atoms with van der Waals surface area (Å²) in [5.74, 6) is -0.952. The summed E-state index contributed by atoms with van der Waals surface area (Å²) in [4.78, 5) is 31.4. The number of anilines is 2. The maximum absolute atomic E-state index is 13.1. The molecule has 3 aromatic carbocycles. The smallest absolute Gasteiger partial charge is 0.339 e. The van der Waals surface area contributed by atoms with Gasteiger partial charge >= 0.3 is 5.97 Å². The number of carbonyl (C=O) groups is 2. The van der Waals surface area contributed by atoms with E-state index in [-0.39, 0.29) is 22.6 Å². The lowest BCUT2D eigenvalue weighted by Crippen LogP contribution is -2.22. The van der Waals surface area contributed by atoms with Crippen LogP contribution < -0.4 is 9.64 Å². The molecule has 0 aliphatic carbocycles. The van der Waals surface area contributed by atoms with Crippen LogP contribution in [0.1, 0.15) is 33.3 Å². The number of hydrogen-bond acceptors (Lipinski definition) is 6. The zero-order chi connectivity index (χ0) is 26.2. The van der Waals surface area contributed by atoms with Crippen LogP contribution in [0.3, 0.4) is 0 Å². The van der Waals surface area contributed by atoms with Gasteiger partial charge in [0.15, 0.2) is 0 Å². The third kappa shape index (κ3) is 6.52. The van der Waals surface area contributed by atoms with E-state index < -0.39 is 11.8 Å². The zero-order valence-electron chi connectivity index (χ0n) is 20.1. The summed E-state index contributed by atoms with van der Waals surface area (Å²) < 4.78 is 11.2. The van der Waals surface area contributed by atoms with E-state index in [2.05, 4.69) is 4.98 Å². The van der Waals surface area contributed by atoms with Crippen LogP contribution in [-0.2, 0) is 4.74 Å². The molecule has 0 saturated carbocycles. The Bertz CT molecular complexity index is 1360. The molecule has 1 aromatic heterocycles. The molecule has 1 N–H and O–H groups in total. The van der Waals surface area contributed by atoms with Crippen LogP contribution in [0.15, 0.2) is 91.1 Å². The molecule has 0 radical (unpaired) electrons. The number of para-hydroxylation sites is 1. The van der Waals surface area contributed by atoms with Crippen molar-refractivity contribution in [3.63, 3.8) is 0 Å². The van der Waals surface area contributed by atoms with Crippen LogP contribution in [0.25, 0.3) is 0 Å². The highest BCUT2D eigenvalue weighted by molar-refractivity contribution is 6.30. The molecular weight excluding hydrogens is 492 g/mol. The number of halogens is 1. The maximum atomic E-state index is 13.1. The summed E-state index contributed by atoms with van der Waals surface area (Å²) in [7, 11) is 0. The second-order valence-electron chi connectivity index (χ2n) is 7.99. The van der Waals surface area contributed by atoms with Crippen LogP contribution >= 0.6 is 11.6 Å². The number of nitrogens with zero attached hydrogens (tertiary/aromatic N) is 2. The van der Waals surface area contributed by atoms with Crippen molar-refractivity contribution in [1.29, 1.82) is 0 Å². The number of hydrogen-bond donors (Lipinski definition) is 1. The molecule has 0 spiro atoms. The van der Waals surface area contributed by atoms with Crippen LogP contribution in [0.5, 0.6) is 11.5 Å². The van der Waals surface area contributed by atoms with Crippen molar-refractivity contribution in [3.05, 3.63) is 113 Å². The van der Waals surface area contributed by atoms with E-state index in [0.29, 0.717) is 30.5 Å². The summed E-state index contributed by atoms with van der Waals surface area (Å²) in [6.07, 6.45) is 1.61. The van der Waals surface area contributed by atoms with E-state index in [4.69, 9.17) is 21.1 Å². The second kappa shape index (κ2) is 12.2. The number of rotatable bonds is 11. The molecule has 0 unspecified atom stereocenters. The predicted molar refractivity (Wildman–Crippen MR) is 143 cm³/mol. The summed E-state index contributed by atoms with van der Waals surface area (Å²) in [6, 6.07) is 24.0. The lowest BCUT2D eigenvalue weighted by atomic mass is 10.0. The summed E-state index contributed by atoms with van der Waals surface area (Å²) in [5.41, 5.74) is 1.96. The Kier molecular flexibility index (Phi) is 8.51. The summed E-state index contributed by atoms with van der Waals surface area (Å²) in [5, 5.41) is 10.3. The molecular formula is C29H25ClN2O5. The molecule has 7 nitrogen and oxygen atoms in total. The van der Waals surface area contributed by atoms with Gasteiger partial charge in [-0.1, -0.05) is 29.8 Å². The van der Waals surface area contributed by atoms with Gasteiger partial charge in [0.05, 0.1) is 18.5 Å². The van der Waals surface area contributed by atoms with Gasteiger partial charge in [0.1, 0.15) is 22.8 Å². The van der Waals surface area contributed by atoms with Crippen LogP contribution in [-0.4, -0.2) is 41.6 Å². The molecule has 0 amide bonds. The minimum atomic E-state index is -1.20. The topological polar surface area (TPSA) is 89.0 Å². The Morgan fingerprint density at radius 1 is 0.946 bits per heavy atom. The fraction of sp³-hybridized carbons (Fsp3) is 0.138. The molecule has 8 heteroatoms. The Labute approximate surface area is 219 Å². The van der Waals surface area contributed by atoms with Gasteiger partial charge in [-0.25, -0.2) is 4.79 Å². The Hall–Kier alpha value is -4.20. The van der Waals surface area contributed by atoms with E-state index in [1.54, 1.807) is 54.7 Å². The van der Waals surface area contributed by atoms with E-state index in [1.807, 2.05) is 30.0 Å². The highest BCUT2D eigenvalue weighted by atomic mass is 35.5. The highest BCUT2D eigenvalue weighted by Gasteiger charge is 2.19. The number of ketones is 1. The number of carboxylic acid groups (broad SMARTS) is 1. The van der Waals surface area contributed by atoms with Gasteiger partial charge < -0.3 is 19.5 Å². The molecule has 4 rings (SSSR count). The van der Waals surface area contributed by atoms with Crippen LogP contribution in [0.2, 0.25) is 5.02 Å². The molecule has 4 aromatic rings. The number of benzene rings is 3. The number of carboxylic acids is 1. The highest BCUT2D eigenvalue weighted by Crippen LogP contribution is 2.29. The molecule has 0 aliphatic heterocycles. The van der Waals surface area contributed by atoms with Crippen molar-refractivity contribution < 1.29 is 24.2 Å². The van der Waals surface area contributed by atoms with Gasteiger partial charge in [-0.05, 0) is 73.7 Å². The summed E-state index contributed by atoms with van der Waals surface area (Å²) >= 11 is 6.05. The maximum Gasteiger partial charge on any atom is 0.339 e. The van der Waals surface area contributed by atoms with Gasteiger partial charge in [0.2, 0.25) is 5.78 Å². The molecule has 0 fully saturated rings. The molecule has 37 heavy (non-hydrogen) atoms. The first-order valence-corrected chi connectivity index (χ1v) is 12.1. The number of aromatic carboxylic acids is 1. The van der Waals surface area contributed by atoms with Crippen molar-refractivity contribution in [2.24, 2.45) is 0 Å². The molecule has 0 aliphatic rings. The monoisotopic (exact) mass is 516 g/mol. The van der Waals surface area contributed by atoms with E-state index >= 15 is 0 Å². The van der Waals surface area contributed by atoms with Crippen molar-refractivity contribution >= 4 is 34.7 Å². The van der Waals surface area contributed by atoms with Crippen molar-refractivity contribution in [3.8, 4) is 11.5 Å². The van der Waals surface area contributed by atoms with E-state index in [0.717, 1.165) is 11.4 Å². The standard InChI is InChI=1S/C29H25ClN2O5/c1-2-36-17-16-32(22-11-9-21(30)10-12-22)23-13-14-26(31-19-23)28(33)20-8-15-27(25(18-20)29(34)35)37-24-6-4-3-5-7-24/h3-15,18-19H,2,16-17H2,1H3,(H,34,35). The molecule has 1 heterocycles. The molecule has 0 saturated heterocycles. The van der Waals surface area contributed by atoms with Gasteiger partial charge in [-0.2, -0.15) is 0 Å². The second-order valence-corrected chi connectivity index (χ2v) is 8.42. The van der Waals surface area contributed by atoms with Crippen molar-refractivity contribution in [2.45, 2.75) is 6.92 Å². The normalized spacial score (nSPS) is 10.6. The first kappa shape index (κ1) is 25.9. The third-order valence-electron chi connectivity index (χ3n) is 5.54. The quantitative estimate of drug-likeness (QED) is 0.177. The Balaban J connectivity index is 1.57. The minimum Gasteiger partial charge on any atom is -0.478 e. The third-order valence-corrected chi connectivity index (χ3v) is 5.79. The molecule has 188 valence electrons. The van der Waals surface area contributed by atoms with Gasteiger partial charge in [0, 0.05) is 29.4 Å². The number of ether oxygens (including phenoxy) is 2. The number of pyridine rings is 1. The fourth-order valence-corrected chi connectivity index (χ4v) is 3.83. The first-order chi connectivity index (χ1) is 18.0. The predicted octanol–water partition coefficient (Wildman–Crippen LogP) is 6.63. The zero-order valence-corrected chi connectivity index (χ0v) is 20.9. The number of carbonyl (C=O) groups excluding carboxylic acids is 1. The Morgan fingerprint density at radius 3 is 2.32 bits per heavy atom. The average Bonchev–Trinajstić information content (AvgIpc) is 2.92. The lowest BCUT2D eigenvalue weighted by Gasteiger charge is -2.25. The van der Waals surface area contributed by atoms with Gasteiger partial charge in [-0.3, -0.25) is 9.78 Å². The van der Waals surface area contributed by atoms with Gasteiger partial charge in [-0.15, -0.1) is 0 Å². The Morgan fingerprint density at radius 2 is 1.68 bits per heavy atom. The van der Waals surface area contributed by atoms with E-state index in [1.165, 1.54) is 18.2 Å². The molecule has 0 atom stereocenters. The SMILES string of the molecule is CCOCCN(c1ccc(Cl)cc1)c1ccc(C(=O)c2ccc(Oc3ccccc3)c(C(=O)O)c2)nc1. The molecule has 0 bridgehead atoms. The fourth-order valence-electron chi connectivity index (χ4n) is 3.70. The van der Waals surface area contributed by atoms with E-state index in [9.17, 15) is 14.7 Å². The van der Waals surface area contributed by atoms with Crippen LogP contribution in [0, 0.1) is 0 Å². The lowest BCUT2D eigenvalue weighted by molar-refractivity contribution is 0.0694. The average molecular weight is 517 g/mol.